The van der Waals surface area contributed by atoms with Crippen LogP contribution < -0.4 is 10.4 Å². The summed E-state index contributed by atoms with van der Waals surface area (Å²) in [5.74, 6) is -0.972. The van der Waals surface area contributed by atoms with Gasteiger partial charge >= 0.3 is 23.5 Å². The van der Waals surface area contributed by atoms with E-state index in [2.05, 4.69) is 25.8 Å². The maximum absolute atomic E-state index is 13.2. The van der Waals surface area contributed by atoms with Crippen molar-refractivity contribution < 1.29 is 33.0 Å². The molecule has 0 saturated carbocycles. The van der Waals surface area contributed by atoms with Crippen LogP contribution in [0.3, 0.4) is 0 Å². The molecule has 0 spiro atoms. The molecular weight excluding hydrogens is 560 g/mol. The maximum atomic E-state index is 13.2. The second kappa shape index (κ2) is 16.2. The Morgan fingerprint density at radius 2 is 1.20 bits per heavy atom. The van der Waals surface area contributed by atoms with E-state index in [0.717, 1.165) is 42.2 Å². The summed E-state index contributed by atoms with van der Waals surface area (Å²) in [6.45, 7) is 16.2. The van der Waals surface area contributed by atoms with Crippen molar-refractivity contribution >= 4 is 28.9 Å². The number of hydrogen-bond donors (Lipinski definition) is 0. The van der Waals surface area contributed by atoms with Crippen LogP contribution in [0.25, 0.3) is 22.1 Å². The second-order valence-electron chi connectivity index (χ2n) is 10.9. The first-order chi connectivity index (χ1) is 21.0. The van der Waals surface area contributed by atoms with Gasteiger partial charge in [-0.3, -0.25) is 0 Å². The Balaban J connectivity index is 1.82. The standard InChI is InChI=1S/C36H40O8/c1-23(2)33(37)41-20-10-7-8-13-28-15-14-26(12-9-11-21-42-34(38)24(3)4)30-22-31(36(40)44-32(28)30)27-16-18-29(19-17-27)43-35(39)25(5)6/h14-19,22H,1,3,5,7-13,20-21H2,2,4,6H3. The van der Waals surface area contributed by atoms with Gasteiger partial charge in [0, 0.05) is 22.1 Å². The Labute approximate surface area is 258 Å². The molecular formula is C36H40O8. The normalized spacial score (nSPS) is 10.7. The van der Waals surface area contributed by atoms with E-state index in [1.807, 2.05) is 12.1 Å². The Morgan fingerprint density at radius 3 is 1.80 bits per heavy atom. The molecule has 0 fully saturated rings. The number of unbranched alkanes of at least 4 members (excludes halogenated alkanes) is 3. The number of benzene rings is 2. The highest BCUT2D eigenvalue weighted by molar-refractivity contribution is 5.89. The molecule has 3 aromatic rings. The predicted molar refractivity (Wildman–Crippen MR) is 170 cm³/mol. The SMILES string of the molecule is C=C(C)C(=O)OCCCCCc1ccc(CCCCOC(=O)C(=C)C)c2cc(-c3ccc(OC(=O)C(=C)C)cc3)c(=O)oc12. The molecule has 44 heavy (non-hydrogen) atoms. The first-order valence-corrected chi connectivity index (χ1v) is 14.7. The van der Waals surface area contributed by atoms with Crippen LogP contribution in [0, 0.1) is 0 Å². The summed E-state index contributed by atoms with van der Waals surface area (Å²) in [6.07, 6.45) is 5.19. The van der Waals surface area contributed by atoms with Crippen LogP contribution in [0.4, 0.5) is 0 Å². The number of carbonyl (C=O) groups is 3. The highest BCUT2D eigenvalue weighted by atomic mass is 16.5. The summed E-state index contributed by atoms with van der Waals surface area (Å²) >= 11 is 0. The van der Waals surface area contributed by atoms with Crippen LogP contribution in [-0.2, 0) is 36.7 Å². The van der Waals surface area contributed by atoms with E-state index in [-0.39, 0.29) is 11.5 Å². The van der Waals surface area contributed by atoms with Crippen molar-refractivity contribution in [3.05, 3.63) is 100 Å². The zero-order chi connectivity index (χ0) is 32.2. The molecule has 1 aromatic heterocycles. The van der Waals surface area contributed by atoms with E-state index in [4.69, 9.17) is 18.6 Å². The first kappa shape index (κ1) is 33.8. The number of fused-ring (bicyclic) bond motifs is 1. The Kier molecular flexibility index (Phi) is 12.4. The van der Waals surface area contributed by atoms with Crippen LogP contribution in [0.2, 0.25) is 0 Å². The van der Waals surface area contributed by atoms with E-state index in [1.54, 1.807) is 45.0 Å². The third-order valence-corrected chi connectivity index (χ3v) is 6.89. The maximum Gasteiger partial charge on any atom is 0.344 e. The first-order valence-electron chi connectivity index (χ1n) is 14.7. The van der Waals surface area contributed by atoms with Crippen molar-refractivity contribution in [3.8, 4) is 16.9 Å². The fraction of sp³-hybridized carbons (Fsp3) is 0.333. The summed E-state index contributed by atoms with van der Waals surface area (Å²) in [5, 5.41) is 0.837. The van der Waals surface area contributed by atoms with E-state index in [0.29, 0.717) is 66.1 Å². The van der Waals surface area contributed by atoms with Gasteiger partial charge in [0.15, 0.2) is 0 Å². The molecule has 0 atom stereocenters. The van der Waals surface area contributed by atoms with E-state index in [9.17, 15) is 19.2 Å². The molecule has 1 heterocycles. The van der Waals surface area contributed by atoms with Crippen LogP contribution in [0.15, 0.2) is 88.1 Å². The lowest BCUT2D eigenvalue weighted by molar-refractivity contribution is -0.139. The van der Waals surface area contributed by atoms with E-state index in [1.165, 1.54) is 0 Å². The molecule has 0 amide bonds. The lowest BCUT2D eigenvalue weighted by atomic mass is 9.96. The molecule has 0 N–H and O–H groups in total. The minimum atomic E-state index is -0.526. The quantitative estimate of drug-likeness (QED) is 0.0558. The van der Waals surface area contributed by atoms with Gasteiger partial charge in [0.05, 0.1) is 18.8 Å². The molecule has 3 rings (SSSR count). The minimum absolute atomic E-state index is 0.285. The minimum Gasteiger partial charge on any atom is -0.462 e. The molecule has 0 aliphatic rings. The third-order valence-electron chi connectivity index (χ3n) is 6.89. The van der Waals surface area contributed by atoms with Crippen LogP contribution in [0.1, 0.15) is 64.0 Å². The molecule has 8 nitrogen and oxygen atoms in total. The molecule has 232 valence electrons. The van der Waals surface area contributed by atoms with Crippen molar-refractivity contribution in [3.63, 3.8) is 0 Å². The van der Waals surface area contributed by atoms with Crippen molar-refractivity contribution in [2.45, 2.75) is 65.7 Å². The van der Waals surface area contributed by atoms with Crippen molar-refractivity contribution in [1.29, 1.82) is 0 Å². The summed E-state index contributed by atoms with van der Waals surface area (Å²) in [6, 6.07) is 12.6. The highest BCUT2D eigenvalue weighted by Crippen LogP contribution is 2.29. The number of esters is 3. The van der Waals surface area contributed by atoms with Gasteiger partial charge in [0.1, 0.15) is 11.3 Å². The fourth-order valence-corrected chi connectivity index (χ4v) is 4.42. The van der Waals surface area contributed by atoms with Crippen LogP contribution >= 0.6 is 0 Å². The zero-order valence-corrected chi connectivity index (χ0v) is 25.8. The van der Waals surface area contributed by atoms with E-state index < -0.39 is 17.6 Å². The number of ether oxygens (including phenoxy) is 3. The summed E-state index contributed by atoms with van der Waals surface area (Å²) in [5.41, 5.74) is 4.05. The fourth-order valence-electron chi connectivity index (χ4n) is 4.42. The molecule has 8 heteroatoms. The van der Waals surface area contributed by atoms with Gasteiger partial charge in [-0.2, -0.15) is 0 Å². The molecule has 0 unspecified atom stereocenters. The van der Waals surface area contributed by atoms with Gasteiger partial charge in [0.2, 0.25) is 0 Å². The van der Waals surface area contributed by atoms with Crippen molar-refractivity contribution in [1.82, 2.24) is 0 Å². The highest BCUT2D eigenvalue weighted by Gasteiger charge is 2.15. The molecule has 0 aliphatic heterocycles. The third kappa shape index (κ3) is 9.66. The molecule has 2 aromatic carbocycles. The summed E-state index contributed by atoms with van der Waals surface area (Å²) < 4.78 is 21.6. The smallest absolute Gasteiger partial charge is 0.344 e. The lowest BCUT2D eigenvalue weighted by Gasteiger charge is -2.12. The second-order valence-corrected chi connectivity index (χ2v) is 10.9. The molecule has 0 bridgehead atoms. The Hall–Kier alpha value is -4.72. The number of aryl methyl sites for hydroxylation is 2. The average Bonchev–Trinajstić information content (AvgIpc) is 2.99. The van der Waals surface area contributed by atoms with Gasteiger partial charge < -0.3 is 18.6 Å². The summed E-state index contributed by atoms with van der Waals surface area (Å²) in [4.78, 5) is 48.4. The van der Waals surface area contributed by atoms with Crippen molar-refractivity contribution in [2.24, 2.45) is 0 Å². The number of carbonyl (C=O) groups excluding carboxylic acids is 3. The zero-order valence-electron chi connectivity index (χ0n) is 25.8. The van der Waals surface area contributed by atoms with Crippen LogP contribution in [-0.4, -0.2) is 31.1 Å². The molecule has 0 saturated heterocycles. The molecule has 0 aliphatic carbocycles. The largest absolute Gasteiger partial charge is 0.462 e. The van der Waals surface area contributed by atoms with Crippen LogP contribution in [0.5, 0.6) is 5.75 Å². The summed E-state index contributed by atoms with van der Waals surface area (Å²) in [7, 11) is 0. The van der Waals surface area contributed by atoms with E-state index >= 15 is 0 Å². The predicted octanol–water partition coefficient (Wildman–Crippen LogP) is 7.22. The van der Waals surface area contributed by atoms with Gasteiger partial charge in [0.25, 0.3) is 0 Å². The monoisotopic (exact) mass is 600 g/mol. The Morgan fingerprint density at radius 1 is 0.682 bits per heavy atom. The number of hydrogen-bond acceptors (Lipinski definition) is 8. The Bertz CT molecular complexity index is 1610. The average molecular weight is 601 g/mol. The lowest BCUT2D eigenvalue weighted by Crippen LogP contribution is -2.08. The van der Waals surface area contributed by atoms with Gasteiger partial charge in [-0.05, 0) is 101 Å². The number of rotatable bonds is 16. The topological polar surface area (TPSA) is 109 Å². The van der Waals surface area contributed by atoms with Gasteiger partial charge in [-0.15, -0.1) is 0 Å². The van der Waals surface area contributed by atoms with Gasteiger partial charge in [-0.1, -0.05) is 44.0 Å². The molecule has 0 radical (unpaired) electrons. The van der Waals surface area contributed by atoms with Crippen molar-refractivity contribution in [2.75, 3.05) is 13.2 Å². The van der Waals surface area contributed by atoms with Gasteiger partial charge in [-0.25, -0.2) is 19.2 Å².